The molecule has 7 nitrogen and oxygen atoms in total. The molecular weight excluding hydrogens is 477 g/mol. The summed E-state index contributed by atoms with van der Waals surface area (Å²) in [4.78, 5) is 36.9. The smallest absolute Gasteiger partial charge is 0.360 e. The highest BCUT2D eigenvalue weighted by Crippen LogP contribution is 2.36. The Balaban J connectivity index is 1.67. The summed E-state index contributed by atoms with van der Waals surface area (Å²) in [5.74, 6) is -0.524. The highest BCUT2D eigenvalue weighted by molar-refractivity contribution is 6.39. The Kier molecular flexibility index (Phi) is 5.65. The maximum Gasteiger partial charge on any atom is 0.369 e. The Labute approximate surface area is 203 Å². The maximum atomic E-state index is 13.4. The van der Waals surface area contributed by atoms with Crippen molar-refractivity contribution in [1.29, 1.82) is 0 Å². The minimum atomic E-state index is -0.874. The molecule has 3 aromatic carbocycles. The zero-order valence-corrected chi connectivity index (χ0v) is 19.2. The number of carbonyl (C=O) groups is 1. The van der Waals surface area contributed by atoms with Gasteiger partial charge in [0.05, 0.1) is 20.9 Å². The van der Waals surface area contributed by atoms with Crippen molar-refractivity contribution in [2.75, 3.05) is 0 Å². The predicted octanol–water partition coefficient (Wildman–Crippen LogP) is 5.60. The molecule has 0 aliphatic carbocycles. The van der Waals surface area contributed by atoms with Crippen LogP contribution in [0.25, 0.3) is 33.5 Å². The van der Waals surface area contributed by atoms with E-state index in [1.165, 1.54) is 0 Å². The molecule has 0 saturated carbocycles. The van der Waals surface area contributed by atoms with Crippen LogP contribution in [-0.4, -0.2) is 20.8 Å². The van der Waals surface area contributed by atoms with Gasteiger partial charge in [0.15, 0.2) is 5.82 Å². The van der Waals surface area contributed by atoms with Crippen molar-refractivity contribution in [2.45, 2.75) is 6.92 Å². The SMILES string of the molecule is Cc1onc(-c2c(Cl)cccc2Cl)c1C(=O)On1c(-c2ccccc2)nc2ccccc2c1=O. The van der Waals surface area contributed by atoms with Crippen molar-refractivity contribution in [3.63, 3.8) is 0 Å². The Morgan fingerprint density at radius 2 is 1.62 bits per heavy atom. The van der Waals surface area contributed by atoms with Gasteiger partial charge in [-0.25, -0.2) is 9.78 Å². The molecule has 0 saturated heterocycles. The van der Waals surface area contributed by atoms with Crippen LogP contribution in [0.5, 0.6) is 0 Å². The molecule has 5 rings (SSSR count). The summed E-state index contributed by atoms with van der Waals surface area (Å²) in [5, 5.41) is 4.84. The van der Waals surface area contributed by atoms with Crippen LogP contribution >= 0.6 is 23.2 Å². The highest BCUT2D eigenvalue weighted by Gasteiger charge is 2.28. The van der Waals surface area contributed by atoms with Gasteiger partial charge in [-0.15, -0.1) is 4.73 Å². The number of nitrogens with zero attached hydrogens (tertiary/aromatic N) is 3. The Bertz CT molecular complexity index is 1590. The first kappa shape index (κ1) is 21.9. The monoisotopic (exact) mass is 491 g/mol. The third kappa shape index (κ3) is 3.75. The topological polar surface area (TPSA) is 87.2 Å². The number of hydrogen-bond acceptors (Lipinski definition) is 6. The number of halogens is 2. The van der Waals surface area contributed by atoms with Crippen LogP contribution in [0.2, 0.25) is 10.0 Å². The lowest BCUT2D eigenvalue weighted by Gasteiger charge is -2.13. The first-order valence-electron chi connectivity index (χ1n) is 10.2. The van der Waals surface area contributed by atoms with Gasteiger partial charge in [0.1, 0.15) is 17.0 Å². The molecule has 0 atom stereocenters. The fraction of sp³-hybridized carbons (Fsp3) is 0.0400. The van der Waals surface area contributed by atoms with Crippen molar-refractivity contribution in [2.24, 2.45) is 0 Å². The molecule has 0 fully saturated rings. The molecule has 0 spiro atoms. The fourth-order valence-electron chi connectivity index (χ4n) is 3.61. The van der Waals surface area contributed by atoms with Gasteiger partial charge in [-0.1, -0.05) is 76.9 Å². The molecule has 0 N–H and O–H groups in total. The first-order chi connectivity index (χ1) is 16.5. The van der Waals surface area contributed by atoms with Crippen LogP contribution in [0.4, 0.5) is 0 Å². The maximum absolute atomic E-state index is 13.4. The van der Waals surface area contributed by atoms with Gasteiger partial charge in [-0.05, 0) is 31.2 Å². The second-order valence-corrected chi connectivity index (χ2v) is 8.17. The molecule has 5 aromatic rings. The van der Waals surface area contributed by atoms with E-state index < -0.39 is 11.5 Å². The van der Waals surface area contributed by atoms with E-state index in [0.717, 1.165) is 4.73 Å². The van der Waals surface area contributed by atoms with Crippen molar-refractivity contribution in [1.82, 2.24) is 14.9 Å². The number of hydrogen-bond donors (Lipinski definition) is 0. The van der Waals surface area contributed by atoms with Crippen molar-refractivity contribution < 1.29 is 14.2 Å². The van der Waals surface area contributed by atoms with E-state index in [1.54, 1.807) is 73.7 Å². The highest BCUT2D eigenvalue weighted by atomic mass is 35.5. The molecule has 34 heavy (non-hydrogen) atoms. The van der Waals surface area contributed by atoms with E-state index in [9.17, 15) is 9.59 Å². The summed E-state index contributed by atoms with van der Waals surface area (Å²) in [5.41, 5.74) is 0.958. The summed E-state index contributed by atoms with van der Waals surface area (Å²) in [7, 11) is 0. The fourth-order valence-corrected chi connectivity index (χ4v) is 4.18. The van der Waals surface area contributed by atoms with Gasteiger partial charge in [-0.2, -0.15) is 0 Å². The first-order valence-corrected chi connectivity index (χ1v) is 10.9. The summed E-state index contributed by atoms with van der Waals surface area (Å²) in [6.45, 7) is 1.55. The zero-order valence-electron chi connectivity index (χ0n) is 17.7. The molecular formula is C25H15Cl2N3O4. The van der Waals surface area contributed by atoms with Crippen LogP contribution in [0.3, 0.4) is 0 Å². The lowest BCUT2D eigenvalue weighted by molar-refractivity contribution is 0.0448. The Hall–Kier alpha value is -3.94. The van der Waals surface area contributed by atoms with Gasteiger partial charge >= 0.3 is 5.97 Å². The third-order valence-corrected chi connectivity index (χ3v) is 5.84. The Morgan fingerprint density at radius 1 is 0.941 bits per heavy atom. The number of aromatic nitrogens is 3. The molecule has 0 aliphatic rings. The van der Waals surface area contributed by atoms with E-state index in [4.69, 9.17) is 32.6 Å². The van der Waals surface area contributed by atoms with E-state index in [-0.39, 0.29) is 32.9 Å². The number of aryl methyl sites for hydroxylation is 1. The molecule has 0 aliphatic heterocycles. The van der Waals surface area contributed by atoms with Crippen molar-refractivity contribution >= 4 is 40.1 Å². The molecule has 9 heteroatoms. The van der Waals surface area contributed by atoms with Crippen molar-refractivity contribution in [3.8, 4) is 22.6 Å². The van der Waals surface area contributed by atoms with Crippen LogP contribution in [0.15, 0.2) is 82.1 Å². The summed E-state index contributed by atoms with van der Waals surface area (Å²) in [6.07, 6.45) is 0. The van der Waals surface area contributed by atoms with Crippen LogP contribution < -0.4 is 10.4 Å². The molecule has 0 unspecified atom stereocenters. The molecule has 168 valence electrons. The van der Waals surface area contributed by atoms with Crippen molar-refractivity contribution in [3.05, 3.63) is 105 Å². The van der Waals surface area contributed by atoms with E-state index >= 15 is 0 Å². The number of benzene rings is 3. The normalized spacial score (nSPS) is 11.0. The van der Waals surface area contributed by atoms with E-state index in [1.807, 2.05) is 6.07 Å². The summed E-state index contributed by atoms with van der Waals surface area (Å²) in [6, 6.07) is 20.7. The summed E-state index contributed by atoms with van der Waals surface area (Å²) < 4.78 is 6.14. The molecule has 2 heterocycles. The van der Waals surface area contributed by atoms with Gasteiger partial charge in [0, 0.05) is 11.1 Å². The lowest BCUT2D eigenvalue weighted by Crippen LogP contribution is -2.33. The number of rotatable bonds is 4. The largest absolute Gasteiger partial charge is 0.369 e. The number of carbonyl (C=O) groups excluding carboxylic acids is 1. The quantitative estimate of drug-likeness (QED) is 0.325. The van der Waals surface area contributed by atoms with Crippen LogP contribution in [0.1, 0.15) is 16.1 Å². The van der Waals surface area contributed by atoms with Gasteiger partial charge in [-0.3, -0.25) is 4.79 Å². The minimum absolute atomic E-state index is 0.00549. The average Bonchev–Trinajstić information content (AvgIpc) is 3.22. The number of fused-ring (bicyclic) bond motifs is 1. The molecule has 0 radical (unpaired) electrons. The second-order valence-electron chi connectivity index (χ2n) is 7.36. The van der Waals surface area contributed by atoms with E-state index in [2.05, 4.69) is 10.1 Å². The molecule has 0 amide bonds. The molecule has 0 bridgehead atoms. The zero-order chi connectivity index (χ0) is 23.8. The van der Waals surface area contributed by atoms with E-state index in [0.29, 0.717) is 22.0 Å². The number of para-hydroxylation sites is 1. The Morgan fingerprint density at radius 3 is 2.35 bits per heavy atom. The van der Waals surface area contributed by atoms with Gasteiger partial charge in [0.2, 0.25) is 0 Å². The summed E-state index contributed by atoms with van der Waals surface area (Å²) >= 11 is 12.6. The third-order valence-electron chi connectivity index (χ3n) is 5.21. The predicted molar refractivity (Wildman–Crippen MR) is 129 cm³/mol. The minimum Gasteiger partial charge on any atom is -0.360 e. The lowest BCUT2D eigenvalue weighted by atomic mass is 10.1. The van der Waals surface area contributed by atoms with Gasteiger partial charge in [0.25, 0.3) is 5.56 Å². The van der Waals surface area contributed by atoms with Crippen LogP contribution in [-0.2, 0) is 0 Å². The standard InChI is InChI=1S/C25H15Cl2N3O4/c1-14-20(22(29-33-14)21-17(26)11-7-12-18(21)27)25(32)34-30-23(15-8-3-2-4-9-15)28-19-13-6-5-10-16(19)24(30)31/h2-13H,1H3. The average molecular weight is 492 g/mol. The second kappa shape index (κ2) is 8.78. The van der Waals surface area contributed by atoms with Crippen LogP contribution in [0, 0.1) is 6.92 Å². The molecule has 2 aromatic heterocycles. The van der Waals surface area contributed by atoms with Gasteiger partial charge < -0.3 is 9.36 Å².